The molecule has 2 amide bonds. The number of hydrogen-bond donors (Lipinski definition) is 1. The van der Waals surface area contributed by atoms with Crippen LogP contribution in [0.25, 0.3) is 0 Å². The fourth-order valence-corrected chi connectivity index (χ4v) is 4.85. The van der Waals surface area contributed by atoms with Gasteiger partial charge in [0.2, 0.25) is 21.8 Å². The van der Waals surface area contributed by atoms with Crippen LogP contribution in [-0.4, -0.2) is 50.5 Å². The molecule has 0 aromatic heterocycles. The van der Waals surface area contributed by atoms with Crippen molar-refractivity contribution < 1.29 is 22.4 Å². The zero-order valence-corrected chi connectivity index (χ0v) is 23.3. The zero-order valence-electron chi connectivity index (χ0n) is 20.2. The van der Waals surface area contributed by atoms with Crippen LogP contribution in [0.15, 0.2) is 36.4 Å². The van der Waals surface area contributed by atoms with E-state index in [-0.39, 0.29) is 34.6 Å². The Morgan fingerprint density at radius 2 is 1.72 bits per heavy atom. The number of carbonyl (C=O) groups is 2. The molecule has 0 heterocycles. The summed E-state index contributed by atoms with van der Waals surface area (Å²) in [4.78, 5) is 27.9. The largest absolute Gasteiger partial charge is 0.354 e. The Hall–Kier alpha value is -2.07. The summed E-state index contributed by atoms with van der Waals surface area (Å²) in [7, 11) is -3.97. The second-order valence-corrected chi connectivity index (χ2v) is 11.3. The summed E-state index contributed by atoms with van der Waals surface area (Å²) in [5.74, 6) is -1.71. The molecule has 0 unspecified atom stereocenters. The molecule has 2 aromatic rings. The molecule has 2 rings (SSSR count). The number of amides is 2. The molecule has 0 saturated heterocycles. The Kier molecular flexibility index (Phi) is 11.3. The van der Waals surface area contributed by atoms with Crippen molar-refractivity contribution in [1.29, 1.82) is 0 Å². The SMILES string of the molecule is CCCCNC(=O)[C@H](CC)N(Cc1ccc(Cl)c(Cl)c1)C(=O)CN(c1ccc(F)c(Cl)c1)S(C)(=O)=O. The van der Waals surface area contributed by atoms with E-state index in [4.69, 9.17) is 34.8 Å². The first-order valence-corrected chi connectivity index (χ1v) is 14.3. The van der Waals surface area contributed by atoms with E-state index in [0.29, 0.717) is 17.1 Å². The van der Waals surface area contributed by atoms with Gasteiger partial charge in [-0.2, -0.15) is 0 Å². The fraction of sp³-hybridized carbons (Fsp3) is 0.417. The fourth-order valence-electron chi connectivity index (χ4n) is 3.51. The molecule has 0 saturated carbocycles. The average Bonchev–Trinajstić information content (AvgIpc) is 2.80. The van der Waals surface area contributed by atoms with Crippen LogP contribution in [-0.2, 0) is 26.2 Å². The van der Waals surface area contributed by atoms with Gasteiger partial charge in [0.05, 0.1) is 27.0 Å². The molecule has 0 aliphatic heterocycles. The van der Waals surface area contributed by atoms with Crippen LogP contribution in [0.4, 0.5) is 10.1 Å². The number of anilines is 1. The highest BCUT2D eigenvalue weighted by molar-refractivity contribution is 7.92. The lowest BCUT2D eigenvalue weighted by Gasteiger charge is -2.33. The van der Waals surface area contributed by atoms with Gasteiger partial charge in [0.15, 0.2) is 0 Å². The third kappa shape index (κ3) is 8.23. The van der Waals surface area contributed by atoms with Gasteiger partial charge in [0.25, 0.3) is 0 Å². The van der Waals surface area contributed by atoms with E-state index in [1.807, 2.05) is 6.92 Å². The molecule has 2 aromatic carbocycles. The van der Waals surface area contributed by atoms with E-state index >= 15 is 0 Å². The number of nitrogens with one attached hydrogen (secondary N) is 1. The molecule has 0 aliphatic rings. The zero-order chi connectivity index (χ0) is 27.0. The average molecular weight is 581 g/mol. The summed E-state index contributed by atoms with van der Waals surface area (Å²) in [6.07, 6.45) is 2.87. The minimum Gasteiger partial charge on any atom is -0.354 e. The van der Waals surface area contributed by atoms with E-state index in [1.54, 1.807) is 25.1 Å². The number of hydrogen-bond acceptors (Lipinski definition) is 4. The van der Waals surface area contributed by atoms with Crippen molar-refractivity contribution in [2.45, 2.75) is 45.7 Å². The van der Waals surface area contributed by atoms with Crippen molar-refractivity contribution in [2.24, 2.45) is 0 Å². The first-order valence-electron chi connectivity index (χ1n) is 11.3. The van der Waals surface area contributed by atoms with Gasteiger partial charge in [-0.1, -0.05) is 61.1 Å². The summed E-state index contributed by atoms with van der Waals surface area (Å²) in [5.41, 5.74) is 0.625. The van der Waals surface area contributed by atoms with Gasteiger partial charge in [-0.3, -0.25) is 13.9 Å². The van der Waals surface area contributed by atoms with Crippen molar-refractivity contribution in [3.8, 4) is 0 Å². The van der Waals surface area contributed by atoms with Gasteiger partial charge in [-0.05, 0) is 48.7 Å². The first kappa shape index (κ1) is 30.2. The van der Waals surface area contributed by atoms with Gasteiger partial charge in [0, 0.05) is 13.1 Å². The highest BCUT2D eigenvalue weighted by Crippen LogP contribution is 2.26. The van der Waals surface area contributed by atoms with E-state index in [9.17, 15) is 22.4 Å². The lowest BCUT2D eigenvalue weighted by atomic mass is 10.1. The van der Waals surface area contributed by atoms with Crippen molar-refractivity contribution in [3.05, 3.63) is 62.8 Å². The number of halogens is 4. The number of unbranched alkanes of at least 4 members (excludes halogenated alkanes) is 1. The molecule has 0 aliphatic carbocycles. The van der Waals surface area contributed by atoms with Crippen LogP contribution in [0.5, 0.6) is 0 Å². The maximum Gasteiger partial charge on any atom is 0.244 e. The van der Waals surface area contributed by atoms with E-state index in [0.717, 1.165) is 35.5 Å². The number of rotatable bonds is 12. The van der Waals surface area contributed by atoms with Crippen molar-refractivity contribution >= 4 is 62.3 Å². The van der Waals surface area contributed by atoms with Crippen LogP contribution < -0.4 is 9.62 Å². The highest BCUT2D eigenvalue weighted by Gasteiger charge is 2.32. The summed E-state index contributed by atoms with van der Waals surface area (Å²) in [5, 5.41) is 3.16. The standard InChI is InChI=1S/C24H29Cl3FN3O4S/c1-4-6-11-29-24(33)22(5-2)30(14-16-7-9-18(25)19(26)12-16)23(32)15-31(36(3,34)35)17-8-10-21(28)20(27)13-17/h7-10,12-13,22H,4-6,11,14-15H2,1-3H3,(H,29,33)/t22-/m0/s1. The topological polar surface area (TPSA) is 86.8 Å². The molecule has 198 valence electrons. The van der Waals surface area contributed by atoms with Crippen molar-refractivity contribution in [1.82, 2.24) is 10.2 Å². The summed E-state index contributed by atoms with van der Waals surface area (Å²) in [6, 6.07) is 7.32. The smallest absolute Gasteiger partial charge is 0.244 e. The summed E-state index contributed by atoms with van der Waals surface area (Å²) in [6.45, 7) is 3.56. The van der Waals surface area contributed by atoms with E-state index < -0.39 is 34.3 Å². The van der Waals surface area contributed by atoms with E-state index in [1.165, 1.54) is 11.0 Å². The molecule has 1 atom stereocenters. The monoisotopic (exact) mass is 579 g/mol. The minimum atomic E-state index is -3.97. The van der Waals surface area contributed by atoms with Crippen LogP contribution in [0.1, 0.15) is 38.7 Å². The molecule has 0 bridgehead atoms. The molecule has 36 heavy (non-hydrogen) atoms. The number of sulfonamides is 1. The second-order valence-electron chi connectivity index (χ2n) is 8.21. The Balaban J connectivity index is 2.45. The summed E-state index contributed by atoms with van der Waals surface area (Å²) < 4.78 is 39.7. The molecule has 7 nitrogen and oxygen atoms in total. The molecule has 1 N–H and O–H groups in total. The molecule has 0 spiro atoms. The third-order valence-electron chi connectivity index (χ3n) is 5.42. The van der Waals surface area contributed by atoms with Gasteiger partial charge in [-0.15, -0.1) is 0 Å². The number of carbonyl (C=O) groups excluding carboxylic acids is 2. The van der Waals surface area contributed by atoms with Crippen molar-refractivity contribution in [3.63, 3.8) is 0 Å². The van der Waals surface area contributed by atoms with Gasteiger partial charge in [0.1, 0.15) is 18.4 Å². The second kappa shape index (κ2) is 13.5. The maximum atomic E-state index is 13.7. The minimum absolute atomic E-state index is 0.0167. The summed E-state index contributed by atoms with van der Waals surface area (Å²) >= 11 is 18.0. The maximum absolute atomic E-state index is 13.7. The van der Waals surface area contributed by atoms with Crippen molar-refractivity contribution in [2.75, 3.05) is 23.7 Å². The number of nitrogens with zero attached hydrogens (tertiary/aromatic N) is 2. The molecule has 12 heteroatoms. The van der Waals surface area contributed by atoms with Crippen LogP contribution in [0.3, 0.4) is 0 Å². The quantitative estimate of drug-likeness (QED) is 0.346. The van der Waals surface area contributed by atoms with Gasteiger partial charge < -0.3 is 10.2 Å². The predicted octanol–water partition coefficient (Wildman–Crippen LogP) is 5.28. The Morgan fingerprint density at radius 3 is 2.28 bits per heavy atom. The lowest BCUT2D eigenvalue weighted by molar-refractivity contribution is -0.140. The van der Waals surface area contributed by atoms with Crippen LogP contribution in [0.2, 0.25) is 15.1 Å². The van der Waals surface area contributed by atoms with E-state index in [2.05, 4.69) is 5.32 Å². The molecular formula is C24H29Cl3FN3O4S. The number of benzene rings is 2. The van der Waals surface area contributed by atoms with Gasteiger partial charge in [-0.25, -0.2) is 12.8 Å². The predicted molar refractivity (Wildman–Crippen MR) is 143 cm³/mol. The Bertz CT molecular complexity index is 1200. The highest BCUT2D eigenvalue weighted by atomic mass is 35.5. The van der Waals surface area contributed by atoms with Gasteiger partial charge >= 0.3 is 0 Å². The first-order chi connectivity index (χ1) is 16.9. The van der Waals surface area contributed by atoms with Crippen LogP contribution in [0, 0.1) is 5.82 Å². The lowest BCUT2D eigenvalue weighted by Crippen LogP contribution is -2.52. The Labute approximate surface area is 226 Å². The molecular weight excluding hydrogens is 552 g/mol. The third-order valence-corrected chi connectivity index (χ3v) is 7.59. The molecule has 0 radical (unpaired) electrons. The van der Waals surface area contributed by atoms with Crippen LogP contribution >= 0.6 is 34.8 Å². The molecule has 0 fully saturated rings. The Morgan fingerprint density at radius 1 is 1.03 bits per heavy atom. The normalized spacial score (nSPS) is 12.2.